The molecule has 19 heavy (non-hydrogen) atoms. The second kappa shape index (κ2) is 5.53. The first kappa shape index (κ1) is 13.1. The summed E-state index contributed by atoms with van der Waals surface area (Å²) in [7, 11) is 0. The molecular weight excluding hydrogens is 273 g/mol. The summed E-state index contributed by atoms with van der Waals surface area (Å²) >= 11 is 5.67. The molecule has 0 aliphatic heterocycles. The fourth-order valence-corrected chi connectivity index (χ4v) is 1.56. The molecule has 5 nitrogen and oxygen atoms in total. The van der Waals surface area contributed by atoms with Gasteiger partial charge in [-0.3, -0.25) is 20.4 Å². The summed E-state index contributed by atoms with van der Waals surface area (Å²) in [6.45, 7) is 0. The van der Waals surface area contributed by atoms with E-state index in [0.717, 1.165) is 6.07 Å². The van der Waals surface area contributed by atoms with E-state index in [1.165, 1.54) is 18.2 Å². The van der Waals surface area contributed by atoms with Gasteiger partial charge in [-0.25, -0.2) is 4.39 Å². The van der Waals surface area contributed by atoms with Gasteiger partial charge in [0.15, 0.2) is 0 Å². The van der Waals surface area contributed by atoms with Crippen LogP contribution in [0.1, 0.15) is 20.8 Å². The Kier molecular flexibility index (Phi) is 3.82. The second-order valence-corrected chi connectivity index (χ2v) is 4.05. The topological polar surface area (TPSA) is 74.0 Å². The lowest BCUT2D eigenvalue weighted by atomic mass is 10.2. The van der Waals surface area contributed by atoms with Crippen molar-refractivity contribution in [1.82, 2.24) is 15.8 Å². The van der Waals surface area contributed by atoms with Crippen LogP contribution in [0, 0.1) is 5.82 Å². The Morgan fingerprint density at radius 3 is 2.58 bits per heavy atom. The van der Waals surface area contributed by atoms with Crippen LogP contribution in [0.25, 0.3) is 0 Å². The Bertz CT molecular complexity index is 613. The molecule has 7 heteroatoms. The van der Waals surface area contributed by atoms with Crippen LogP contribution in [0.3, 0.4) is 0 Å². The quantitative estimate of drug-likeness (QED) is 0.735. The van der Waals surface area contributed by atoms with Gasteiger partial charge in [-0.2, -0.15) is 0 Å². The predicted molar refractivity (Wildman–Crippen MR) is 67.1 cm³/mol. The monoisotopic (exact) mass is 281 g/mol. The number of aromatic amines is 1. The highest BCUT2D eigenvalue weighted by atomic mass is 35.5. The average molecular weight is 282 g/mol. The summed E-state index contributed by atoms with van der Waals surface area (Å²) in [6, 6.07) is 6.73. The Morgan fingerprint density at radius 1 is 1.16 bits per heavy atom. The molecule has 2 rings (SSSR count). The van der Waals surface area contributed by atoms with Gasteiger partial charge in [0, 0.05) is 11.2 Å². The van der Waals surface area contributed by atoms with Crippen LogP contribution < -0.4 is 10.9 Å². The summed E-state index contributed by atoms with van der Waals surface area (Å²) in [5.41, 5.74) is 4.27. The van der Waals surface area contributed by atoms with Crippen LogP contribution >= 0.6 is 11.6 Å². The SMILES string of the molecule is O=C(NNC(=O)c1cc(Cl)ccc1F)c1ccc[nH]1. The number of aromatic nitrogens is 1. The van der Waals surface area contributed by atoms with E-state index in [-0.39, 0.29) is 16.3 Å². The maximum Gasteiger partial charge on any atom is 0.286 e. The van der Waals surface area contributed by atoms with Crippen LogP contribution in [0.5, 0.6) is 0 Å². The first-order valence-electron chi connectivity index (χ1n) is 5.27. The molecule has 0 radical (unpaired) electrons. The lowest BCUT2D eigenvalue weighted by Gasteiger charge is -2.07. The number of rotatable bonds is 2. The molecule has 0 fully saturated rings. The van der Waals surface area contributed by atoms with Crippen LogP contribution in [0.2, 0.25) is 5.02 Å². The highest BCUT2D eigenvalue weighted by Gasteiger charge is 2.13. The van der Waals surface area contributed by atoms with Crippen LogP contribution in [-0.4, -0.2) is 16.8 Å². The molecule has 1 heterocycles. The van der Waals surface area contributed by atoms with Gasteiger partial charge < -0.3 is 4.98 Å². The Morgan fingerprint density at radius 2 is 1.89 bits per heavy atom. The number of carbonyl (C=O) groups excluding carboxylic acids is 2. The first-order chi connectivity index (χ1) is 9.08. The third-order valence-electron chi connectivity index (χ3n) is 2.31. The van der Waals surface area contributed by atoms with Gasteiger partial charge >= 0.3 is 0 Å². The zero-order valence-corrected chi connectivity index (χ0v) is 10.3. The Hall–Kier alpha value is -2.34. The summed E-state index contributed by atoms with van der Waals surface area (Å²) in [5.74, 6) is -2.06. The summed E-state index contributed by atoms with van der Waals surface area (Å²) in [5, 5.41) is 0.224. The molecule has 2 aromatic rings. The molecule has 0 saturated carbocycles. The molecule has 1 aromatic heterocycles. The first-order valence-corrected chi connectivity index (χ1v) is 5.65. The van der Waals surface area contributed by atoms with Gasteiger partial charge in [0.2, 0.25) is 0 Å². The lowest BCUT2D eigenvalue weighted by Crippen LogP contribution is -2.42. The molecule has 0 aliphatic rings. The minimum Gasteiger partial charge on any atom is -0.357 e. The fraction of sp³-hybridized carbons (Fsp3) is 0. The third-order valence-corrected chi connectivity index (χ3v) is 2.54. The van der Waals surface area contributed by atoms with Crippen molar-refractivity contribution in [2.24, 2.45) is 0 Å². The number of carbonyl (C=O) groups is 2. The molecule has 1 aromatic carbocycles. The van der Waals surface area contributed by atoms with Gasteiger partial charge in [-0.1, -0.05) is 11.6 Å². The molecule has 0 bridgehead atoms. The summed E-state index contributed by atoms with van der Waals surface area (Å²) < 4.78 is 13.4. The zero-order chi connectivity index (χ0) is 13.8. The largest absolute Gasteiger partial charge is 0.357 e. The number of hydrogen-bond acceptors (Lipinski definition) is 2. The summed E-state index contributed by atoms with van der Waals surface area (Å²) in [6.07, 6.45) is 1.56. The van der Waals surface area contributed by atoms with E-state index in [2.05, 4.69) is 15.8 Å². The third kappa shape index (κ3) is 3.11. The van der Waals surface area contributed by atoms with Crippen LogP contribution in [0.4, 0.5) is 4.39 Å². The van der Waals surface area contributed by atoms with Crippen molar-refractivity contribution in [1.29, 1.82) is 0 Å². The fourth-order valence-electron chi connectivity index (χ4n) is 1.39. The molecule has 98 valence electrons. The molecular formula is C12H9ClFN3O2. The maximum atomic E-state index is 13.4. The maximum absolute atomic E-state index is 13.4. The van der Waals surface area contributed by atoms with E-state index >= 15 is 0 Å². The van der Waals surface area contributed by atoms with E-state index in [0.29, 0.717) is 0 Å². The van der Waals surface area contributed by atoms with Crippen LogP contribution in [0.15, 0.2) is 36.5 Å². The normalized spacial score (nSPS) is 10.0. The van der Waals surface area contributed by atoms with Crippen molar-refractivity contribution in [3.63, 3.8) is 0 Å². The number of hydrazine groups is 1. The average Bonchev–Trinajstić information content (AvgIpc) is 2.92. The highest BCUT2D eigenvalue weighted by molar-refractivity contribution is 6.31. The number of benzene rings is 1. The lowest BCUT2D eigenvalue weighted by molar-refractivity contribution is 0.0842. The number of H-pyrrole nitrogens is 1. The van der Waals surface area contributed by atoms with Gasteiger partial charge in [-0.15, -0.1) is 0 Å². The van der Waals surface area contributed by atoms with Crippen molar-refractivity contribution >= 4 is 23.4 Å². The van der Waals surface area contributed by atoms with E-state index < -0.39 is 17.6 Å². The smallest absolute Gasteiger partial charge is 0.286 e. The van der Waals surface area contributed by atoms with Crippen LogP contribution in [-0.2, 0) is 0 Å². The molecule has 0 atom stereocenters. The minimum atomic E-state index is -0.792. The minimum absolute atomic E-state index is 0.224. The highest BCUT2D eigenvalue weighted by Crippen LogP contribution is 2.14. The molecule has 0 aliphatic carbocycles. The van der Waals surface area contributed by atoms with Gasteiger partial charge in [0.25, 0.3) is 11.8 Å². The van der Waals surface area contributed by atoms with E-state index in [9.17, 15) is 14.0 Å². The van der Waals surface area contributed by atoms with Crippen molar-refractivity contribution in [2.45, 2.75) is 0 Å². The Balaban J connectivity index is 2.02. The predicted octanol–water partition coefficient (Wildman–Crippen LogP) is 1.88. The van der Waals surface area contributed by atoms with Crippen molar-refractivity contribution in [2.75, 3.05) is 0 Å². The molecule has 0 unspecified atom stereocenters. The van der Waals surface area contributed by atoms with Gasteiger partial charge in [0.05, 0.1) is 5.56 Å². The molecule has 3 N–H and O–H groups in total. The molecule has 0 spiro atoms. The summed E-state index contributed by atoms with van der Waals surface area (Å²) in [4.78, 5) is 25.8. The van der Waals surface area contributed by atoms with Crippen molar-refractivity contribution in [3.05, 3.63) is 58.6 Å². The van der Waals surface area contributed by atoms with E-state index in [1.807, 2.05) is 0 Å². The number of halogens is 2. The van der Waals surface area contributed by atoms with Crippen molar-refractivity contribution < 1.29 is 14.0 Å². The number of amides is 2. The van der Waals surface area contributed by atoms with E-state index in [1.54, 1.807) is 12.3 Å². The standard InChI is InChI=1S/C12H9ClFN3O2/c13-7-3-4-9(14)8(6-7)11(18)16-17-12(19)10-2-1-5-15-10/h1-6,15H,(H,16,18)(H,17,19). The van der Waals surface area contributed by atoms with Gasteiger partial charge in [0.1, 0.15) is 11.5 Å². The zero-order valence-electron chi connectivity index (χ0n) is 9.54. The molecule has 0 saturated heterocycles. The van der Waals surface area contributed by atoms with E-state index in [4.69, 9.17) is 11.6 Å². The Labute approximate surface area is 112 Å². The number of nitrogens with one attached hydrogen (secondary N) is 3. The van der Waals surface area contributed by atoms with Crippen molar-refractivity contribution in [3.8, 4) is 0 Å². The van der Waals surface area contributed by atoms with Gasteiger partial charge in [-0.05, 0) is 30.3 Å². The number of hydrogen-bond donors (Lipinski definition) is 3. The molecule has 2 amide bonds. The second-order valence-electron chi connectivity index (χ2n) is 3.62.